The van der Waals surface area contributed by atoms with E-state index in [0.29, 0.717) is 11.8 Å². The van der Waals surface area contributed by atoms with Gasteiger partial charge in [0.2, 0.25) is 0 Å². The predicted octanol–water partition coefficient (Wildman–Crippen LogP) is 32.2. The van der Waals surface area contributed by atoms with Crippen LogP contribution in [0.1, 0.15) is 493 Å². The molecule has 0 saturated heterocycles. The molecular weight excluding hydrogens is 1040 g/mol. The maximum absolute atomic E-state index is 2.60. The highest BCUT2D eigenvalue weighted by Gasteiger charge is 2.69. The highest BCUT2D eigenvalue weighted by Crippen LogP contribution is 2.75. The van der Waals surface area contributed by atoms with Gasteiger partial charge < -0.3 is 0 Å². The van der Waals surface area contributed by atoms with Crippen LogP contribution in [0.4, 0.5) is 0 Å². The SMILES string of the molecule is C1CCC1.C1CCC1.C1CCC1.C1CCC1.C1CCC1.C1CCC1.C1CCC1.C1CCC1.C1CCC1.C1CCC1.C1CCC1.C1CCC1.C1CCC1.CC1CC(C)C(C)(C)C(C)(C)C(C)(C)C(C)(C)C(C)(C)C(C)(C)C(C)(C)C(C)(C)C(C)(C)C1(C)C. The third kappa shape index (κ3) is 27.3. The van der Waals surface area contributed by atoms with Gasteiger partial charge in [-0.3, -0.25) is 0 Å². The van der Waals surface area contributed by atoms with Gasteiger partial charge in [0.05, 0.1) is 0 Å². The lowest BCUT2D eigenvalue weighted by Gasteiger charge is -2.71. The average molecular weight is 1220 g/mol. The Morgan fingerprint density at radius 1 is 0.126 bits per heavy atom. The first-order valence-electron chi connectivity index (χ1n) is 40.8. The molecule has 0 bridgehead atoms. The fraction of sp³-hybridized carbons (Fsp3) is 1.00. The Morgan fingerprint density at radius 3 is 0.264 bits per heavy atom. The van der Waals surface area contributed by atoms with Crippen LogP contribution in [0.15, 0.2) is 0 Å². The molecule has 0 aromatic rings. The third-order valence-corrected chi connectivity index (χ3v) is 30.3. The smallest absolute Gasteiger partial charge is 0.0241 e. The van der Waals surface area contributed by atoms with E-state index in [-0.39, 0.29) is 54.1 Å². The lowest BCUT2D eigenvalue weighted by atomic mass is 9.33. The van der Waals surface area contributed by atoms with E-state index in [2.05, 4.69) is 152 Å². The van der Waals surface area contributed by atoms with Crippen molar-refractivity contribution in [2.45, 2.75) is 493 Å². The summed E-state index contributed by atoms with van der Waals surface area (Å²) in [6.45, 7) is 56.9. The molecule has 0 radical (unpaired) electrons. The first-order valence-corrected chi connectivity index (χ1v) is 40.8. The van der Waals surface area contributed by atoms with Gasteiger partial charge in [-0.15, -0.1) is 0 Å². The minimum Gasteiger partial charge on any atom is -0.0620 e. The third-order valence-electron chi connectivity index (χ3n) is 30.3. The molecule has 0 N–H and O–H groups in total. The molecule has 0 nitrogen and oxygen atoms in total. The Hall–Kier alpha value is 0. The Labute approximate surface area is 555 Å². The molecule has 0 amide bonds. The van der Waals surface area contributed by atoms with Gasteiger partial charge in [-0.1, -0.05) is 486 Å². The molecule has 0 aromatic heterocycles. The molecule has 522 valence electrons. The van der Waals surface area contributed by atoms with Gasteiger partial charge in [0.1, 0.15) is 0 Å². The van der Waals surface area contributed by atoms with Crippen LogP contribution >= 0.6 is 0 Å². The zero-order valence-electron chi connectivity index (χ0n) is 65.6. The molecule has 0 aliphatic heterocycles. The second kappa shape index (κ2) is 43.9. The van der Waals surface area contributed by atoms with Gasteiger partial charge >= 0.3 is 0 Å². The first kappa shape index (κ1) is 85.0. The summed E-state index contributed by atoms with van der Waals surface area (Å²) in [5, 5.41) is 0. The van der Waals surface area contributed by atoms with Crippen molar-refractivity contribution in [3.63, 3.8) is 0 Å². The average Bonchev–Trinajstić information content (AvgIpc) is 3.11. The van der Waals surface area contributed by atoms with E-state index >= 15 is 0 Å². The van der Waals surface area contributed by atoms with Crippen molar-refractivity contribution in [2.75, 3.05) is 0 Å². The Morgan fingerprint density at radius 2 is 0.195 bits per heavy atom. The largest absolute Gasteiger partial charge is 0.0620 e. The molecule has 0 spiro atoms. The number of rotatable bonds is 0. The van der Waals surface area contributed by atoms with Crippen molar-refractivity contribution in [3.8, 4) is 0 Å². The van der Waals surface area contributed by atoms with Gasteiger partial charge in [-0.05, 0) is 72.4 Å². The molecule has 0 heterocycles. The number of hydrogen-bond acceptors (Lipinski definition) is 0. The minimum atomic E-state index is 0.0841. The van der Waals surface area contributed by atoms with Crippen LogP contribution in [0.3, 0.4) is 0 Å². The van der Waals surface area contributed by atoms with Gasteiger partial charge in [0, 0.05) is 0 Å². The summed E-state index contributed by atoms with van der Waals surface area (Å²) < 4.78 is 0. The molecule has 0 heteroatoms. The van der Waals surface area contributed by atoms with Crippen LogP contribution in [-0.2, 0) is 0 Å². The molecule has 0 aromatic carbocycles. The number of hydrogen-bond donors (Lipinski definition) is 0. The van der Waals surface area contributed by atoms with Gasteiger partial charge in [0.15, 0.2) is 0 Å². The van der Waals surface area contributed by atoms with Gasteiger partial charge in [-0.25, -0.2) is 0 Å². The van der Waals surface area contributed by atoms with Crippen LogP contribution in [0, 0.1) is 66.0 Å². The van der Waals surface area contributed by atoms with Crippen LogP contribution in [-0.4, -0.2) is 0 Å². The van der Waals surface area contributed by atoms with Crippen molar-refractivity contribution in [1.29, 1.82) is 0 Å². The fourth-order valence-corrected chi connectivity index (χ4v) is 11.9. The lowest BCUT2D eigenvalue weighted by molar-refractivity contribution is -0.233. The molecule has 14 saturated carbocycles. The lowest BCUT2D eigenvalue weighted by Crippen LogP contribution is -2.65. The normalized spacial score (nSPS) is 28.9. The van der Waals surface area contributed by atoms with Crippen molar-refractivity contribution < 1.29 is 0 Å². The second-order valence-corrected chi connectivity index (χ2v) is 36.9. The maximum Gasteiger partial charge on any atom is -0.0241 e. The molecule has 14 aliphatic rings. The van der Waals surface area contributed by atoms with Gasteiger partial charge in [-0.2, -0.15) is 0 Å². The predicted molar refractivity (Wildman–Crippen MR) is 401 cm³/mol. The second-order valence-electron chi connectivity index (χ2n) is 36.9. The highest BCUT2D eigenvalue weighted by atomic mass is 14.7. The molecule has 14 aliphatic carbocycles. The molecule has 87 heavy (non-hydrogen) atoms. The van der Waals surface area contributed by atoms with Crippen molar-refractivity contribution in [3.05, 3.63) is 0 Å². The first-order chi connectivity index (χ1) is 40.8. The van der Waals surface area contributed by atoms with E-state index in [9.17, 15) is 0 Å². The molecular formula is C87H174. The Balaban J connectivity index is 0.000000565. The Bertz CT molecular complexity index is 1240. The molecule has 2 atom stereocenters. The van der Waals surface area contributed by atoms with E-state index in [0.717, 1.165) is 0 Å². The van der Waals surface area contributed by atoms with Crippen molar-refractivity contribution >= 4 is 0 Å². The van der Waals surface area contributed by atoms with E-state index in [1.54, 1.807) is 0 Å². The highest BCUT2D eigenvalue weighted by molar-refractivity contribution is 5.17. The molecule has 14 rings (SSSR count). The van der Waals surface area contributed by atoms with E-state index in [4.69, 9.17) is 0 Å². The zero-order chi connectivity index (χ0) is 65.6. The summed E-state index contributed by atoms with van der Waals surface area (Å²) >= 11 is 0. The quantitative estimate of drug-likeness (QED) is 0.227. The summed E-state index contributed by atoms with van der Waals surface area (Å²) in [6, 6.07) is 0. The standard InChI is InChI=1S/C35H70.13C4H8/c1-24-23-25(2)27(5,6)29(9,10)31(13,14)33(17,18)35(21,22)34(19,20)32(15,16)30(11,12)28(7,8)26(24,3)4;13*1-2-4-3-1/h24-25H,23H2,1-22H3;13*1-4H2. The van der Waals surface area contributed by atoms with Crippen molar-refractivity contribution in [2.24, 2.45) is 66.0 Å². The minimum absolute atomic E-state index is 0.0841. The monoisotopic (exact) mass is 1220 g/mol. The topological polar surface area (TPSA) is 0 Å². The maximum atomic E-state index is 2.60. The van der Waals surface area contributed by atoms with Crippen molar-refractivity contribution in [1.82, 2.24) is 0 Å². The summed E-state index contributed by atoms with van der Waals surface area (Å²) in [6.07, 6.45) is 79.3. The summed E-state index contributed by atoms with van der Waals surface area (Å²) in [5.74, 6) is 1.26. The van der Waals surface area contributed by atoms with E-state index in [1.807, 2.05) is 0 Å². The van der Waals surface area contributed by atoms with Gasteiger partial charge in [0.25, 0.3) is 0 Å². The van der Waals surface area contributed by atoms with Crippen LogP contribution in [0.25, 0.3) is 0 Å². The Kier molecular flexibility index (Phi) is 42.9. The fourth-order valence-electron chi connectivity index (χ4n) is 11.9. The summed E-state index contributed by atoms with van der Waals surface area (Å²) in [4.78, 5) is 0. The zero-order valence-corrected chi connectivity index (χ0v) is 65.6. The van der Waals surface area contributed by atoms with E-state index < -0.39 is 0 Å². The summed E-state index contributed by atoms with van der Waals surface area (Å²) in [7, 11) is 0. The van der Waals surface area contributed by atoms with Crippen LogP contribution < -0.4 is 0 Å². The van der Waals surface area contributed by atoms with E-state index in [1.165, 1.54) is 340 Å². The summed E-state index contributed by atoms with van der Waals surface area (Å²) in [5.41, 5.74) is 1.26. The van der Waals surface area contributed by atoms with Crippen LogP contribution in [0.2, 0.25) is 0 Å². The molecule has 14 fully saturated rings. The molecule has 2 unspecified atom stereocenters. The van der Waals surface area contributed by atoms with Crippen LogP contribution in [0.5, 0.6) is 0 Å².